The second-order valence-corrected chi connectivity index (χ2v) is 7.60. The number of sulfone groups is 1. The van der Waals surface area contributed by atoms with Crippen LogP contribution in [0.3, 0.4) is 0 Å². The zero-order chi connectivity index (χ0) is 15.1. The van der Waals surface area contributed by atoms with Crippen molar-refractivity contribution < 1.29 is 17.2 Å². The molecule has 2 aromatic carbocycles. The molecule has 3 rings (SSSR count). The van der Waals surface area contributed by atoms with Gasteiger partial charge in [0.05, 0.1) is 5.75 Å². The number of halogens is 2. The molecule has 2 nitrogen and oxygen atoms in total. The Labute approximate surface area is 122 Å². The van der Waals surface area contributed by atoms with Crippen molar-refractivity contribution in [2.24, 2.45) is 0 Å². The van der Waals surface area contributed by atoms with Crippen molar-refractivity contribution >= 4 is 9.84 Å². The van der Waals surface area contributed by atoms with Crippen LogP contribution in [0, 0.1) is 11.6 Å². The quantitative estimate of drug-likeness (QED) is 0.852. The molecule has 0 bridgehead atoms. The molecule has 1 saturated heterocycles. The molecule has 5 heteroatoms. The fourth-order valence-corrected chi connectivity index (χ4v) is 5.41. The molecule has 110 valence electrons. The van der Waals surface area contributed by atoms with Crippen molar-refractivity contribution in [1.82, 2.24) is 0 Å². The van der Waals surface area contributed by atoms with Crippen molar-refractivity contribution in [3.63, 3.8) is 0 Å². The summed E-state index contributed by atoms with van der Waals surface area (Å²) in [7, 11) is -3.43. The Morgan fingerprint density at radius 3 is 1.57 bits per heavy atom. The summed E-state index contributed by atoms with van der Waals surface area (Å²) in [5.41, 5.74) is 1.07. The molecule has 1 heterocycles. The van der Waals surface area contributed by atoms with Gasteiger partial charge in [-0.15, -0.1) is 0 Å². The molecular formula is C16H14F2O2S. The first-order chi connectivity index (χ1) is 9.96. The Morgan fingerprint density at radius 1 is 0.810 bits per heavy atom. The van der Waals surface area contributed by atoms with Crippen molar-refractivity contribution in [3.05, 3.63) is 71.3 Å². The van der Waals surface area contributed by atoms with E-state index in [4.69, 9.17) is 0 Å². The molecule has 0 unspecified atom stereocenters. The Bertz CT molecular complexity index is 704. The zero-order valence-corrected chi connectivity index (χ0v) is 12.0. The molecule has 1 aliphatic heterocycles. The average Bonchev–Trinajstić information content (AvgIpc) is 2.77. The van der Waals surface area contributed by atoms with Crippen molar-refractivity contribution in [3.8, 4) is 0 Å². The third-order valence-corrected chi connectivity index (χ3v) is 6.66. The van der Waals surface area contributed by atoms with E-state index in [-0.39, 0.29) is 5.75 Å². The third kappa shape index (κ3) is 2.16. The molecule has 0 atom stereocenters. The van der Waals surface area contributed by atoms with Gasteiger partial charge in [0, 0.05) is 0 Å². The van der Waals surface area contributed by atoms with E-state index in [0.29, 0.717) is 24.0 Å². The first kappa shape index (κ1) is 14.2. The fraction of sp³-hybridized carbons (Fsp3) is 0.250. The van der Waals surface area contributed by atoms with Gasteiger partial charge in [-0.2, -0.15) is 0 Å². The standard InChI is InChI=1S/C16H14F2O2S/c17-14-6-2-12(3-7-14)16(10-1-11-21(16,19)20)13-4-8-15(18)9-5-13/h2-9H,1,10-11H2. The lowest BCUT2D eigenvalue weighted by molar-refractivity contribution is 0.562. The maximum atomic E-state index is 13.1. The summed E-state index contributed by atoms with van der Waals surface area (Å²) in [5.74, 6) is -0.742. The molecule has 21 heavy (non-hydrogen) atoms. The summed E-state index contributed by atoms with van der Waals surface area (Å²) in [5, 5.41) is 0. The van der Waals surface area contributed by atoms with E-state index in [0.717, 1.165) is 0 Å². The van der Waals surface area contributed by atoms with Crippen LogP contribution < -0.4 is 0 Å². The van der Waals surface area contributed by atoms with Gasteiger partial charge in [-0.05, 0) is 48.2 Å². The minimum atomic E-state index is -3.43. The Hall–Kier alpha value is -1.75. The van der Waals surface area contributed by atoms with Crippen LogP contribution in [0.4, 0.5) is 8.78 Å². The highest BCUT2D eigenvalue weighted by Gasteiger charge is 2.50. The number of hydrogen-bond acceptors (Lipinski definition) is 2. The molecule has 0 spiro atoms. The number of hydrogen-bond donors (Lipinski definition) is 0. The highest BCUT2D eigenvalue weighted by atomic mass is 32.2. The summed E-state index contributed by atoms with van der Waals surface area (Å²) >= 11 is 0. The third-order valence-electron chi connectivity index (χ3n) is 4.09. The van der Waals surface area contributed by atoms with E-state index in [1.54, 1.807) is 0 Å². The van der Waals surface area contributed by atoms with Crippen LogP contribution in [-0.4, -0.2) is 14.2 Å². The van der Waals surface area contributed by atoms with Crippen LogP contribution >= 0.6 is 0 Å². The van der Waals surface area contributed by atoms with Gasteiger partial charge in [0.2, 0.25) is 0 Å². The highest BCUT2D eigenvalue weighted by molar-refractivity contribution is 7.92. The van der Waals surface area contributed by atoms with Crippen molar-refractivity contribution in [2.45, 2.75) is 17.6 Å². The smallest absolute Gasteiger partial charge is 0.164 e. The first-order valence-corrected chi connectivity index (χ1v) is 8.35. The molecule has 0 amide bonds. The largest absolute Gasteiger partial charge is 0.228 e. The molecule has 0 saturated carbocycles. The van der Waals surface area contributed by atoms with Gasteiger partial charge in [0.15, 0.2) is 9.84 Å². The molecule has 1 aliphatic rings. The molecule has 1 fully saturated rings. The minimum Gasteiger partial charge on any atom is -0.228 e. The Morgan fingerprint density at radius 2 is 1.24 bits per heavy atom. The Kier molecular flexibility index (Phi) is 3.32. The molecule has 2 aromatic rings. The molecule has 0 N–H and O–H groups in total. The van der Waals surface area contributed by atoms with Crippen LogP contribution in [0.25, 0.3) is 0 Å². The van der Waals surface area contributed by atoms with Gasteiger partial charge >= 0.3 is 0 Å². The predicted molar refractivity (Wildman–Crippen MR) is 76.6 cm³/mol. The van der Waals surface area contributed by atoms with Crippen molar-refractivity contribution in [2.75, 3.05) is 5.75 Å². The number of benzene rings is 2. The lowest BCUT2D eigenvalue weighted by atomic mass is 9.87. The van der Waals surface area contributed by atoms with E-state index in [9.17, 15) is 17.2 Å². The summed E-state index contributed by atoms with van der Waals surface area (Å²) in [6, 6.07) is 11.0. The van der Waals surface area contributed by atoms with Gasteiger partial charge in [-0.1, -0.05) is 24.3 Å². The van der Waals surface area contributed by atoms with Crippen LogP contribution in [0.1, 0.15) is 24.0 Å². The molecule has 0 aliphatic carbocycles. The van der Waals surface area contributed by atoms with Crippen LogP contribution in [0.5, 0.6) is 0 Å². The fourth-order valence-electron chi connectivity index (χ4n) is 3.09. The topological polar surface area (TPSA) is 34.1 Å². The van der Waals surface area contributed by atoms with E-state index in [1.165, 1.54) is 48.5 Å². The summed E-state index contributed by atoms with van der Waals surface area (Å²) in [6.45, 7) is 0. The monoisotopic (exact) mass is 308 g/mol. The Balaban J connectivity index is 2.26. The van der Waals surface area contributed by atoms with Gasteiger partial charge in [0.1, 0.15) is 16.4 Å². The van der Waals surface area contributed by atoms with Gasteiger partial charge in [-0.25, -0.2) is 17.2 Å². The second-order valence-electron chi connectivity index (χ2n) is 5.26. The lowest BCUT2D eigenvalue weighted by Crippen LogP contribution is -2.33. The summed E-state index contributed by atoms with van der Waals surface area (Å²) < 4.78 is 50.4. The van der Waals surface area contributed by atoms with Gasteiger partial charge in [0.25, 0.3) is 0 Å². The van der Waals surface area contributed by atoms with Gasteiger partial charge in [-0.3, -0.25) is 0 Å². The summed E-state index contributed by atoms with van der Waals surface area (Å²) in [4.78, 5) is 0. The number of rotatable bonds is 2. The SMILES string of the molecule is O=S1(=O)CCCC1(c1ccc(F)cc1)c1ccc(F)cc1. The normalized spacial score (nSPS) is 19.5. The van der Waals surface area contributed by atoms with Crippen molar-refractivity contribution in [1.29, 1.82) is 0 Å². The minimum absolute atomic E-state index is 0.0851. The van der Waals surface area contributed by atoms with Gasteiger partial charge < -0.3 is 0 Å². The summed E-state index contributed by atoms with van der Waals surface area (Å²) in [6.07, 6.45) is 0.962. The second kappa shape index (κ2) is 4.91. The maximum Gasteiger partial charge on any atom is 0.164 e. The molecule has 0 aromatic heterocycles. The maximum absolute atomic E-state index is 13.1. The molecular weight excluding hydrogens is 294 g/mol. The van der Waals surface area contributed by atoms with E-state index >= 15 is 0 Å². The highest BCUT2D eigenvalue weighted by Crippen LogP contribution is 2.46. The molecule has 0 radical (unpaired) electrons. The zero-order valence-electron chi connectivity index (χ0n) is 11.2. The van der Waals surface area contributed by atoms with E-state index in [1.807, 2.05) is 0 Å². The predicted octanol–water partition coefficient (Wildman–Crippen LogP) is 3.42. The van der Waals surface area contributed by atoms with E-state index < -0.39 is 26.2 Å². The first-order valence-electron chi connectivity index (χ1n) is 6.70. The lowest BCUT2D eigenvalue weighted by Gasteiger charge is -2.29. The van der Waals surface area contributed by atoms with Crippen LogP contribution in [0.15, 0.2) is 48.5 Å². The van der Waals surface area contributed by atoms with E-state index in [2.05, 4.69) is 0 Å². The van der Waals surface area contributed by atoms with Crippen LogP contribution in [-0.2, 0) is 14.6 Å². The van der Waals surface area contributed by atoms with Crippen LogP contribution in [0.2, 0.25) is 0 Å². The average molecular weight is 308 g/mol.